The van der Waals surface area contributed by atoms with Crippen molar-refractivity contribution in [1.82, 2.24) is 0 Å². The molecule has 6 atom stereocenters. The predicted molar refractivity (Wildman–Crippen MR) is 116 cm³/mol. The van der Waals surface area contributed by atoms with E-state index in [1.165, 1.54) is 37.8 Å². The van der Waals surface area contributed by atoms with Gasteiger partial charge < -0.3 is 9.47 Å². The summed E-state index contributed by atoms with van der Waals surface area (Å²) in [6, 6.07) is 0. The molecule has 0 aromatic carbocycles. The number of carbonyl (C=O) groups excluding carboxylic acids is 2. The molecule has 30 heavy (non-hydrogen) atoms. The minimum Gasteiger partial charge on any atom is -0.462 e. The van der Waals surface area contributed by atoms with Crippen molar-refractivity contribution in [2.24, 2.45) is 28.6 Å². The molecule has 0 aromatic heterocycles. The maximum Gasteiger partial charge on any atom is 0.302 e. The highest BCUT2D eigenvalue weighted by Crippen LogP contribution is 2.65. The number of carbonyl (C=O) groups is 2. The summed E-state index contributed by atoms with van der Waals surface area (Å²) in [5, 5.41) is 0. The number of hydrogen-bond acceptors (Lipinski definition) is 4. The quantitative estimate of drug-likeness (QED) is 0.450. The normalized spacial score (nSPS) is 40.0. The Morgan fingerprint density at radius 3 is 2.53 bits per heavy atom. The third-order valence-corrected chi connectivity index (χ3v) is 8.71. The van der Waals surface area contributed by atoms with E-state index in [9.17, 15) is 9.59 Å². The molecule has 2 fully saturated rings. The Hall–Kier alpha value is -1.84. The van der Waals surface area contributed by atoms with E-state index < -0.39 is 0 Å². The van der Waals surface area contributed by atoms with Crippen molar-refractivity contribution in [2.75, 3.05) is 6.61 Å². The molecule has 0 bridgehead atoms. The number of ether oxygens (including phenoxy) is 2. The van der Waals surface area contributed by atoms with Crippen LogP contribution in [0.4, 0.5) is 0 Å². The summed E-state index contributed by atoms with van der Waals surface area (Å²) in [7, 11) is 0. The van der Waals surface area contributed by atoms with Crippen molar-refractivity contribution in [2.45, 2.75) is 78.7 Å². The van der Waals surface area contributed by atoms with Gasteiger partial charge in [-0.2, -0.15) is 0 Å². The minimum atomic E-state index is -0.230. The van der Waals surface area contributed by atoms with Gasteiger partial charge in [0, 0.05) is 20.3 Å². The molecule has 0 saturated heterocycles. The summed E-state index contributed by atoms with van der Waals surface area (Å²) in [6.07, 6.45) is 17.0. The van der Waals surface area contributed by atoms with Gasteiger partial charge in [-0.15, -0.1) is 0 Å². The molecule has 4 nitrogen and oxygen atoms in total. The van der Waals surface area contributed by atoms with Gasteiger partial charge in [0.05, 0.1) is 0 Å². The number of allylic oxidation sites excluding steroid dienone is 4. The molecule has 2 saturated carbocycles. The van der Waals surface area contributed by atoms with Crippen LogP contribution in [0.3, 0.4) is 0 Å². The molecular weight excluding hydrogens is 376 g/mol. The lowest BCUT2D eigenvalue weighted by Gasteiger charge is -2.57. The molecule has 4 aliphatic carbocycles. The molecule has 0 heterocycles. The maximum absolute atomic E-state index is 11.4. The van der Waals surface area contributed by atoms with Crippen LogP contribution in [0.25, 0.3) is 0 Å². The Balaban J connectivity index is 1.49. The predicted octanol–water partition coefficient (Wildman–Crippen LogP) is 5.54. The largest absolute Gasteiger partial charge is 0.462 e. The Kier molecular flexibility index (Phi) is 5.71. The van der Waals surface area contributed by atoms with Crippen LogP contribution in [0.5, 0.6) is 0 Å². The zero-order valence-electron chi connectivity index (χ0n) is 18.9. The number of fused-ring (bicyclic) bond motifs is 5. The molecule has 0 radical (unpaired) electrons. The van der Waals surface area contributed by atoms with Gasteiger partial charge in [-0.1, -0.05) is 37.6 Å². The minimum absolute atomic E-state index is 0.0642. The number of rotatable bonds is 4. The van der Waals surface area contributed by atoms with Crippen molar-refractivity contribution >= 4 is 11.9 Å². The highest BCUT2D eigenvalue weighted by atomic mass is 16.5. The summed E-state index contributed by atoms with van der Waals surface area (Å²) < 4.78 is 10.6. The summed E-state index contributed by atoms with van der Waals surface area (Å²) in [5.74, 6) is 1.75. The summed E-state index contributed by atoms with van der Waals surface area (Å²) >= 11 is 0. The van der Waals surface area contributed by atoms with Crippen molar-refractivity contribution in [1.29, 1.82) is 0 Å². The lowest BCUT2D eigenvalue weighted by atomic mass is 9.47. The summed E-state index contributed by atoms with van der Waals surface area (Å²) in [5.41, 5.74) is 3.45. The molecule has 3 unspecified atom stereocenters. The first-order valence-corrected chi connectivity index (χ1v) is 11.6. The van der Waals surface area contributed by atoms with Crippen LogP contribution in [-0.4, -0.2) is 24.6 Å². The number of esters is 2. The van der Waals surface area contributed by atoms with Crippen LogP contribution in [0.1, 0.15) is 72.6 Å². The third-order valence-electron chi connectivity index (χ3n) is 8.71. The van der Waals surface area contributed by atoms with E-state index >= 15 is 0 Å². The Bertz CT molecular complexity index is 806. The van der Waals surface area contributed by atoms with Gasteiger partial charge in [0.2, 0.25) is 0 Å². The fraction of sp³-hybridized carbons (Fsp3) is 0.692. The van der Waals surface area contributed by atoms with E-state index in [4.69, 9.17) is 9.47 Å². The SMILES string of the molecule is CC(=O)OC/C=C/C1=CCC2C3CC=C4C[C@@H](OC(C)=O)CC[C@]4(C)C3CC[C@]12C. The molecule has 4 aliphatic rings. The van der Waals surface area contributed by atoms with Gasteiger partial charge in [0.25, 0.3) is 0 Å². The van der Waals surface area contributed by atoms with Crippen molar-refractivity contribution in [3.63, 3.8) is 0 Å². The zero-order chi connectivity index (χ0) is 21.5. The molecule has 164 valence electrons. The van der Waals surface area contributed by atoms with Crippen molar-refractivity contribution < 1.29 is 19.1 Å². The Morgan fingerprint density at radius 1 is 1.03 bits per heavy atom. The van der Waals surface area contributed by atoms with E-state index in [0.717, 1.165) is 43.9 Å². The maximum atomic E-state index is 11.4. The van der Waals surface area contributed by atoms with Crippen LogP contribution < -0.4 is 0 Å². The van der Waals surface area contributed by atoms with Gasteiger partial charge in [-0.3, -0.25) is 9.59 Å². The van der Waals surface area contributed by atoms with Gasteiger partial charge in [0.15, 0.2) is 0 Å². The first-order valence-electron chi connectivity index (χ1n) is 11.6. The molecule has 0 N–H and O–H groups in total. The van der Waals surface area contributed by atoms with E-state index in [2.05, 4.69) is 32.1 Å². The lowest BCUT2D eigenvalue weighted by molar-refractivity contribution is -0.148. The second kappa shape index (κ2) is 8.01. The monoisotopic (exact) mass is 412 g/mol. The van der Waals surface area contributed by atoms with E-state index in [1.54, 1.807) is 0 Å². The molecule has 4 rings (SSSR count). The van der Waals surface area contributed by atoms with E-state index in [0.29, 0.717) is 12.5 Å². The summed E-state index contributed by atoms with van der Waals surface area (Å²) in [4.78, 5) is 22.4. The molecule has 4 heteroatoms. The third kappa shape index (κ3) is 3.67. The highest BCUT2D eigenvalue weighted by Gasteiger charge is 2.56. The molecule has 0 amide bonds. The smallest absolute Gasteiger partial charge is 0.302 e. The van der Waals surface area contributed by atoms with Gasteiger partial charge in [0.1, 0.15) is 12.7 Å². The van der Waals surface area contributed by atoms with Crippen molar-refractivity contribution in [3.8, 4) is 0 Å². The van der Waals surface area contributed by atoms with Crippen LogP contribution in [-0.2, 0) is 19.1 Å². The fourth-order valence-corrected chi connectivity index (χ4v) is 7.16. The van der Waals surface area contributed by atoms with Crippen molar-refractivity contribution in [3.05, 3.63) is 35.5 Å². The van der Waals surface area contributed by atoms with Gasteiger partial charge >= 0.3 is 11.9 Å². The second-order valence-electron chi connectivity index (χ2n) is 10.3. The second-order valence-corrected chi connectivity index (χ2v) is 10.3. The zero-order valence-corrected chi connectivity index (χ0v) is 18.9. The van der Waals surface area contributed by atoms with Crippen LogP contribution in [0, 0.1) is 28.6 Å². The fourth-order valence-electron chi connectivity index (χ4n) is 7.16. The molecule has 0 aromatic rings. The topological polar surface area (TPSA) is 52.6 Å². The molecule has 0 aliphatic heterocycles. The standard InChI is InChI=1S/C26H36O4/c1-17(27)29-15-5-6-19-8-10-23-22-9-7-20-16-21(30-18(2)28)11-13-26(20,4)24(22)12-14-25(19,23)3/h5-8,21-24H,9-16H2,1-4H3/b6-5+/t21-,22?,23?,24?,25+,26-/m0/s1. The lowest BCUT2D eigenvalue weighted by Crippen LogP contribution is -2.50. The first kappa shape index (κ1) is 21.4. The van der Waals surface area contributed by atoms with Crippen LogP contribution in [0.2, 0.25) is 0 Å². The average molecular weight is 413 g/mol. The van der Waals surface area contributed by atoms with Gasteiger partial charge in [-0.25, -0.2) is 0 Å². The van der Waals surface area contributed by atoms with Gasteiger partial charge in [-0.05, 0) is 78.8 Å². The van der Waals surface area contributed by atoms with E-state index in [-0.39, 0.29) is 28.9 Å². The Labute approximate surface area is 180 Å². The average Bonchev–Trinajstić information content (AvgIpc) is 3.01. The highest BCUT2D eigenvalue weighted by molar-refractivity contribution is 5.66. The first-order chi connectivity index (χ1) is 14.2. The molecular formula is C26H36O4. The van der Waals surface area contributed by atoms with E-state index in [1.807, 2.05) is 6.08 Å². The number of hydrogen-bond donors (Lipinski definition) is 0. The molecule has 0 spiro atoms. The van der Waals surface area contributed by atoms with Crippen LogP contribution >= 0.6 is 0 Å². The van der Waals surface area contributed by atoms with Crippen LogP contribution in [0.15, 0.2) is 35.5 Å². The Morgan fingerprint density at radius 2 is 1.80 bits per heavy atom. The summed E-state index contributed by atoms with van der Waals surface area (Å²) in [6.45, 7) is 8.25.